The summed E-state index contributed by atoms with van der Waals surface area (Å²) in [6, 6.07) is 15.7. The molecule has 0 amide bonds. The van der Waals surface area contributed by atoms with Crippen molar-refractivity contribution in [2.45, 2.75) is 11.8 Å². The van der Waals surface area contributed by atoms with Crippen molar-refractivity contribution in [3.8, 4) is 6.07 Å². The van der Waals surface area contributed by atoms with Crippen LogP contribution >= 0.6 is 0 Å². The monoisotopic (exact) mass is 356 g/mol. The van der Waals surface area contributed by atoms with Crippen LogP contribution in [0.15, 0.2) is 70.6 Å². The highest BCUT2D eigenvalue weighted by molar-refractivity contribution is 7.95. The summed E-state index contributed by atoms with van der Waals surface area (Å²) in [4.78, 5) is 11.2. The van der Waals surface area contributed by atoms with Gasteiger partial charge in [0, 0.05) is 11.9 Å². The molecule has 0 aromatic heterocycles. The van der Waals surface area contributed by atoms with Crippen LogP contribution in [0, 0.1) is 11.3 Å². The normalized spacial score (nSPS) is 11.4. The molecule has 0 saturated heterocycles. The molecule has 2 rings (SSSR count). The first-order chi connectivity index (χ1) is 12.0. The van der Waals surface area contributed by atoms with Gasteiger partial charge in [-0.15, -0.1) is 0 Å². The van der Waals surface area contributed by atoms with Crippen molar-refractivity contribution < 1.29 is 17.9 Å². The van der Waals surface area contributed by atoms with Crippen molar-refractivity contribution in [3.63, 3.8) is 0 Å². The van der Waals surface area contributed by atoms with E-state index in [9.17, 15) is 18.5 Å². The third-order valence-corrected chi connectivity index (χ3v) is 4.90. The Morgan fingerprint density at radius 2 is 1.80 bits per heavy atom. The molecule has 0 atom stereocenters. The van der Waals surface area contributed by atoms with Gasteiger partial charge in [0.15, 0.2) is 4.91 Å². The van der Waals surface area contributed by atoms with E-state index >= 15 is 0 Å². The fourth-order valence-electron chi connectivity index (χ4n) is 1.96. The smallest absolute Gasteiger partial charge is 0.338 e. The molecule has 0 heterocycles. The number of carbonyl (C=O) groups is 1. The van der Waals surface area contributed by atoms with Crippen LogP contribution in [-0.4, -0.2) is 21.0 Å². The van der Waals surface area contributed by atoms with Gasteiger partial charge in [0.2, 0.25) is 9.84 Å². The Bertz CT molecular complexity index is 912. The predicted octanol–water partition coefficient (Wildman–Crippen LogP) is 3.11. The van der Waals surface area contributed by atoms with E-state index in [4.69, 9.17) is 4.74 Å². The molecule has 0 bridgehead atoms. The van der Waals surface area contributed by atoms with Crippen molar-refractivity contribution >= 4 is 21.5 Å². The van der Waals surface area contributed by atoms with E-state index in [-0.39, 0.29) is 11.5 Å². The summed E-state index contributed by atoms with van der Waals surface area (Å²) < 4.78 is 29.7. The lowest BCUT2D eigenvalue weighted by molar-refractivity contribution is 0.0526. The van der Waals surface area contributed by atoms with Gasteiger partial charge < -0.3 is 10.1 Å². The van der Waals surface area contributed by atoms with Gasteiger partial charge in [-0.25, -0.2) is 13.2 Å². The maximum Gasteiger partial charge on any atom is 0.338 e. The standard InChI is InChI=1S/C18H16N2O4S/c1-2-24-18(21)14-8-10-15(11-9-14)20-13-17(12-19)25(22,23)16-6-4-3-5-7-16/h3-11,13,20H,2H2,1H3/b17-13+. The van der Waals surface area contributed by atoms with Crippen LogP contribution in [0.3, 0.4) is 0 Å². The molecule has 0 aliphatic carbocycles. The number of esters is 1. The number of sulfone groups is 1. The van der Waals surface area contributed by atoms with Gasteiger partial charge in [0.1, 0.15) is 6.07 Å². The third-order valence-electron chi connectivity index (χ3n) is 3.22. The quantitative estimate of drug-likeness (QED) is 0.631. The first-order valence-corrected chi connectivity index (χ1v) is 8.91. The molecule has 2 aromatic rings. The Balaban J connectivity index is 2.19. The van der Waals surface area contributed by atoms with E-state index in [0.717, 1.165) is 6.20 Å². The van der Waals surface area contributed by atoms with Crippen LogP contribution < -0.4 is 5.32 Å². The van der Waals surface area contributed by atoms with Crippen LogP contribution in [0.1, 0.15) is 17.3 Å². The molecule has 25 heavy (non-hydrogen) atoms. The minimum Gasteiger partial charge on any atom is -0.462 e. The lowest BCUT2D eigenvalue weighted by Gasteiger charge is -2.06. The van der Waals surface area contributed by atoms with Crippen molar-refractivity contribution in [1.82, 2.24) is 0 Å². The van der Waals surface area contributed by atoms with Gasteiger partial charge in [-0.1, -0.05) is 18.2 Å². The second-order valence-electron chi connectivity index (χ2n) is 4.88. The number of hydrogen-bond donors (Lipinski definition) is 1. The van der Waals surface area contributed by atoms with E-state index in [1.807, 2.05) is 0 Å². The van der Waals surface area contributed by atoms with Crippen LogP contribution in [0.25, 0.3) is 0 Å². The molecular formula is C18H16N2O4S. The molecular weight excluding hydrogens is 340 g/mol. The number of nitrogens with one attached hydrogen (secondary N) is 1. The topological polar surface area (TPSA) is 96.3 Å². The molecule has 0 spiro atoms. The molecule has 0 fully saturated rings. The first kappa shape index (κ1) is 18.2. The number of hydrogen-bond acceptors (Lipinski definition) is 6. The molecule has 128 valence electrons. The maximum atomic E-state index is 12.4. The number of benzene rings is 2. The summed E-state index contributed by atoms with van der Waals surface area (Å²) in [6.45, 7) is 2.00. The number of nitrogens with zero attached hydrogens (tertiary/aromatic N) is 1. The third kappa shape index (κ3) is 4.46. The van der Waals surface area contributed by atoms with Crippen molar-refractivity contribution in [3.05, 3.63) is 71.3 Å². The number of nitriles is 1. The number of ether oxygens (including phenoxy) is 1. The van der Waals surface area contributed by atoms with Crippen LogP contribution in [0.5, 0.6) is 0 Å². The minimum absolute atomic E-state index is 0.0438. The first-order valence-electron chi connectivity index (χ1n) is 7.43. The molecule has 7 heteroatoms. The van der Waals surface area contributed by atoms with E-state index in [1.165, 1.54) is 12.1 Å². The molecule has 6 nitrogen and oxygen atoms in total. The zero-order chi connectivity index (χ0) is 18.3. The number of allylic oxidation sites excluding steroid dienone is 1. The van der Waals surface area contributed by atoms with Crippen LogP contribution in [0.2, 0.25) is 0 Å². The zero-order valence-electron chi connectivity index (χ0n) is 13.5. The second-order valence-corrected chi connectivity index (χ2v) is 6.80. The number of anilines is 1. The van der Waals surface area contributed by atoms with E-state index in [1.54, 1.807) is 55.5 Å². The summed E-state index contributed by atoms with van der Waals surface area (Å²) in [5.74, 6) is -0.436. The van der Waals surface area contributed by atoms with Crippen molar-refractivity contribution in [2.75, 3.05) is 11.9 Å². The highest BCUT2D eigenvalue weighted by atomic mass is 32.2. The Hall–Kier alpha value is -3.11. The Morgan fingerprint density at radius 3 is 2.36 bits per heavy atom. The summed E-state index contributed by atoms with van der Waals surface area (Å²) in [5, 5.41) is 11.9. The number of carbonyl (C=O) groups excluding carboxylic acids is 1. The SMILES string of the molecule is CCOC(=O)c1ccc(N/C=C(\C#N)S(=O)(=O)c2ccccc2)cc1. The molecule has 0 aliphatic heterocycles. The van der Waals surface area contributed by atoms with E-state index in [0.29, 0.717) is 11.3 Å². The van der Waals surface area contributed by atoms with Gasteiger partial charge in [-0.05, 0) is 43.3 Å². The molecule has 0 saturated carbocycles. The largest absolute Gasteiger partial charge is 0.462 e. The highest BCUT2D eigenvalue weighted by Crippen LogP contribution is 2.19. The van der Waals surface area contributed by atoms with Gasteiger partial charge in [0.05, 0.1) is 17.1 Å². The molecule has 0 aliphatic rings. The summed E-state index contributed by atoms with van der Waals surface area (Å²) in [7, 11) is -3.89. The lowest BCUT2D eigenvalue weighted by atomic mass is 10.2. The van der Waals surface area contributed by atoms with Gasteiger partial charge >= 0.3 is 5.97 Å². The predicted molar refractivity (Wildman–Crippen MR) is 93.3 cm³/mol. The minimum atomic E-state index is -3.89. The lowest BCUT2D eigenvalue weighted by Crippen LogP contribution is -2.06. The zero-order valence-corrected chi connectivity index (χ0v) is 14.3. The van der Waals surface area contributed by atoms with Crippen LogP contribution in [0.4, 0.5) is 5.69 Å². The van der Waals surface area contributed by atoms with Crippen LogP contribution in [-0.2, 0) is 14.6 Å². The molecule has 2 aromatic carbocycles. The Kier molecular flexibility index (Phi) is 5.93. The Labute approximate surface area is 146 Å². The average molecular weight is 356 g/mol. The maximum absolute atomic E-state index is 12.4. The summed E-state index contributed by atoms with van der Waals surface area (Å²) in [6.07, 6.45) is 1.13. The molecule has 0 radical (unpaired) electrons. The molecule has 1 N–H and O–H groups in total. The van der Waals surface area contributed by atoms with E-state index < -0.39 is 20.7 Å². The van der Waals surface area contributed by atoms with Crippen molar-refractivity contribution in [2.24, 2.45) is 0 Å². The number of rotatable bonds is 6. The van der Waals surface area contributed by atoms with Gasteiger partial charge in [-0.3, -0.25) is 0 Å². The fraction of sp³-hybridized carbons (Fsp3) is 0.111. The van der Waals surface area contributed by atoms with Gasteiger partial charge in [-0.2, -0.15) is 5.26 Å². The van der Waals surface area contributed by atoms with E-state index in [2.05, 4.69) is 5.32 Å². The Morgan fingerprint density at radius 1 is 1.16 bits per heavy atom. The summed E-state index contributed by atoms with van der Waals surface area (Å²) in [5.41, 5.74) is 0.915. The van der Waals surface area contributed by atoms with Gasteiger partial charge in [0.25, 0.3) is 0 Å². The second kappa shape index (κ2) is 8.13. The van der Waals surface area contributed by atoms with Crippen molar-refractivity contribution in [1.29, 1.82) is 5.26 Å². The fourth-order valence-corrected chi connectivity index (χ4v) is 3.07. The summed E-state index contributed by atoms with van der Waals surface area (Å²) >= 11 is 0. The highest BCUT2D eigenvalue weighted by Gasteiger charge is 2.20. The average Bonchev–Trinajstić information content (AvgIpc) is 2.63. The molecule has 0 unspecified atom stereocenters.